The lowest BCUT2D eigenvalue weighted by molar-refractivity contribution is -0.0604. The molecule has 98 valence electrons. The number of nitrogens with zero attached hydrogens (tertiary/aromatic N) is 1. The van der Waals surface area contributed by atoms with Crippen LogP contribution in [0.15, 0.2) is 24.6 Å². The average Bonchev–Trinajstić information content (AvgIpc) is 2.38. The molecule has 0 fully saturated rings. The van der Waals surface area contributed by atoms with E-state index in [0.717, 1.165) is 6.54 Å². The van der Waals surface area contributed by atoms with Crippen LogP contribution in [-0.4, -0.2) is 11.6 Å². The molecule has 0 saturated carbocycles. The lowest BCUT2D eigenvalue weighted by Gasteiger charge is -2.19. The van der Waals surface area contributed by atoms with Crippen molar-refractivity contribution in [2.45, 2.75) is 64.7 Å². The monoisotopic (exact) mass is 237 g/mol. The first-order valence-electron chi connectivity index (χ1n) is 7.20. The summed E-state index contributed by atoms with van der Waals surface area (Å²) < 4.78 is 0. The number of hydrogen-bond acceptors (Lipinski definition) is 2. The van der Waals surface area contributed by atoms with Gasteiger partial charge in [0.15, 0.2) is 0 Å². The summed E-state index contributed by atoms with van der Waals surface area (Å²) in [7, 11) is 0. The number of hydroxylamine groups is 2. The van der Waals surface area contributed by atoms with Gasteiger partial charge < -0.3 is 4.84 Å². The molecule has 1 aliphatic rings. The lowest BCUT2D eigenvalue weighted by atomic mass is 10.1. The molecule has 0 bridgehead atoms. The first-order chi connectivity index (χ1) is 8.43. The van der Waals surface area contributed by atoms with Crippen LogP contribution in [0.2, 0.25) is 0 Å². The second kappa shape index (κ2) is 10.2. The Morgan fingerprint density at radius 1 is 0.824 bits per heavy atom. The van der Waals surface area contributed by atoms with E-state index in [4.69, 9.17) is 4.84 Å². The molecule has 1 rings (SSSR count). The van der Waals surface area contributed by atoms with Gasteiger partial charge in [-0.2, -0.15) is 0 Å². The van der Waals surface area contributed by atoms with Crippen LogP contribution < -0.4 is 0 Å². The summed E-state index contributed by atoms with van der Waals surface area (Å²) in [6.45, 7) is 3.28. The summed E-state index contributed by atoms with van der Waals surface area (Å²) in [6.07, 6.45) is 20.0. The quantitative estimate of drug-likeness (QED) is 0.506. The SMILES string of the molecule is CCCCCCCCCCCN1C=CC=CO1. The van der Waals surface area contributed by atoms with Crippen molar-refractivity contribution < 1.29 is 4.84 Å². The van der Waals surface area contributed by atoms with Crippen molar-refractivity contribution in [2.24, 2.45) is 0 Å². The summed E-state index contributed by atoms with van der Waals surface area (Å²) in [6, 6.07) is 0. The van der Waals surface area contributed by atoms with Crippen molar-refractivity contribution in [1.82, 2.24) is 5.06 Å². The van der Waals surface area contributed by atoms with E-state index in [1.54, 1.807) is 6.26 Å². The van der Waals surface area contributed by atoms with Crippen LogP contribution in [0.1, 0.15) is 64.7 Å². The fourth-order valence-corrected chi connectivity index (χ4v) is 2.05. The van der Waals surface area contributed by atoms with Crippen LogP contribution in [0.25, 0.3) is 0 Å². The predicted molar refractivity (Wildman–Crippen MR) is 73.3 cm³/mol. The molecule has 2 heteroatoms. The number of unbranched alkanes of at least 4 members (excludes halogenated alkanes) is 8. The molecule has 0 aromatic rings. The fourth-order valence-electron chi connectivity index (χ4n) is 2.05. The van der Waals surface area contributed by atoms with Crippen LogP contribution in [0.5, 0.6) is 0 Å². The molecule has 0 N–H and O–H groups in total. The normalized spacial score (nSPS) is 14.1. The van der Waals surface area contributed by atoms with E-state index >= 15 is 0 Å². The maximum absolute atomic E-state index is 5.32. The van der Waals surface area contributed by atoms with Gasteiger partial charge in [-0.15, -0.1) is 0 Å². The average molecular weight is 237 g/mol. The molecule has 0 aliphatic carbocycles. The van der Waals surface area contributed by atoms with Gasteiger partial charge in [0, 0.05) is 6.20 Å². The topological polar surface area (TPSA) is 12.5 Å². The maximum Gasteiger partial charge on any atom is 0.119 e. The second-order valence-corrected chi connectivity index (χ2v) is 4.74. The first-order valence-corrected chi connectivity index (χ1v) is 7.20. The second-order valence-electron chi connectivity index (χ2n) is 4.74. The van der Waals surface area contributed by atoms with E-state index in [0.29, 0.717) is 0 Å². The first kappa shape index (κ1) is 14.1. The number of rotatable bonds is 10. The van der Waals surface area contributed by atoms with Gasteiger partial charge in [0.1, 0.15) is 6.26 Å². The van der Waals surface area contributed by atoms with Gasteiger partial charge in [-0.1, -0.05) is 58.3 Å². The van der Waals surface area contributed by atoms with Gasteiger partial charge in [0.25, 0.3) is 0 Å². The molecular weight excluding hydrogens is 210 g/mol. The van der Waals surface area contributed by atoms with E-state index < -0.39 is 0 Å². The van der Waals surface area contributed by atoms with Crippen LogP contribution in [0.4, 0.5) is 0 Å². The van der Waals surface area contributed by atoms with Crippen molar-refractivity contribution in [1.29, 1.82) is 0 Å². The Hall–Kier alpha value is -0.920. The molecule has 0 aromatic carbocycles. The molecule has 17 heavy (non-hydrogen) atoms. The zero-order chi connectivity index (χ0) is 12.2. The zero-order valence-electron chi connectivity index (χ0n) is 11.2. The van der Waals surface area contributed by atoms with Gasteiger partial charge in [-0.05, 0) is 18.6 Å². The molecule has 2 nitrogen and oxygen atoms in total. The molecule has 0 amide bonds. The highest BCUT2D eigenvalue weighted by molar-refractivity contribution is 5.01. The Morgan fingerprint density at radius 2 is 1.47 bits per heavy atom. The molecule has 1 aliphatic heterocycles. The highest BCUT2D eigenvalue weighted by Gasteiger charge is 1.99. The fraction of sp³-hybridized carbons (Fsp3) is 0.733. The largest absolute Gasteiger partial charge is 0.388 e. The summed E-state index contributed by atoms with van der Waals surface area (Å²) in [5, 5.41) is 1.90. The van der Waals surface area contributed by atoms with Gasteiger partial charge in [-0.25, -0.2) is 5.06 Å². The molecular formula is C15H27NO. The Balaban J connectivity index is 1.78. The van der Waals surface area contributed by atoms with E-state index in [-0.39, 0.29) is 0 Å². The Bertz CT molecular complexity index is 223. The van der Waals surface area contributed by atoms with Crippen molar-refractivity contribution in [3.05, 3.63) is 24.6 Å². The van der Waals surface area contributed by atoms with Crippen LogP contribution in [0, 0.1) is 0 Å². The van der Waals surface area contributed by atoms with E-state index in [2.05, 4.69) is 6.92 Å². The van der Waals surface area contributed by atoms with Gasteiger partial charge in [0.05, 0.1) is 6.54 Å². The number of hydrogen-bond donors (Lipinski definition) is 0. The minimum absolute atomic E-state index is 1.01. The zero-order valence-corrected chi connectivity index (χ0v) is 11.2. The third-order valence-corrected chi connectivity index (χ3v) is 3.12. The minimum atomic E-state index is 1.01. The highest BCUT2D eigenvalue weighted by atomic mass is 16.7. The molecule has 0 saturated heterocycles. The third-order valence-electron chi connectivity index (χ3n) is 3.12. The predicted octanol–water partition coefficient (Wildman–Crippen LogP) is 4.79. The highest BCUT2D eigenvalue weighted by Crippen LogP contribution is 2.10. The van der Waals surface area contributed by atoms with Crippen molar-refractivity contribution >= 4 is 0 Å². The van der Waals surface area contributed by atoms with Gasteiger partial charge >= 0.3 is 0 Å². The van der Waals surface area contributed by atoms with Crippen LogP contribution in [0.3, 0.4) is 0 Å². The summed E-state index contributed by atoms with van der Waals surface area (Å²) in [4.78, 5) is 5.32. The van der Waals surface area contributed by atoms with Gasteiger partial charge in [-0.3, -0.25) is 0 Å². The van der Waals surface area contributed by atoms with Crippen molar-refractivity contribution in [3.8, 4) is 0 Å². The van der Waals surface area contributed by atoms with Gasteiger partial charge in [0.2, 0.25) is 0 Å². The van der Waals surface area contributed by atoms with E-state index in [1.807, 2.05) is 23.4 Å². The molecule has 0 radical (unpaired) electrons. The molecule has 0 aromatic heterocycles. The van der Waals surface area contributed by atoms with Crippen molar-refractivity contribution in [2.75, 3.05) is 6.54 Å². The van der Waals surface area contributed by atoms with E-state index in [1.165, 1.54) is 57.8 Å². The standard InChI is InChI=1S/C15H27NO/c1-2-3-4-5-6-7-8-9-10-13-16-14-11-12-15-17-16/h11-12,14-15H,2-10,13H2,1H3. The molecule has 0 atom stereocenters. The van der Waals surface area contributed by atoms with E-state index in [9.17, 15) is 0 Å². The molecule has 0 unspecified atom stereocenters. The number of allylic oxidation sites excluding steroid dienone is 2. The maximum atomic E-state index is 5.32. The van der Waals surface area contributed by atoms with Crippen LogP contribution in [-0.2, 0) is 4.84 Å². The van der Waals surface area contributed by atoms with Crippen molar-refractivity contribution in [3.63, 3.8) is 0 Å². The Labute approximate surface area is 106 Å². The Morgan fingerprint density at radius 3 is 2.06 bits per heavy atom. The summed E-state index contributed by atoms with van der Waals surface area (Å²) in [5.74, 6) is 0. The smallest absolute Gasteiger partial charge is 0.119 e. The molecule has 1 heterocycles. The third kappa shape index (κ3) is 7.89. The Kier molecular flexibility index (Phi) is 8.53. The lowest BCUT2D eigenvalue weighted by Crippen LogP contribution is -2.17. The molecule has 0 spiro atoms. The van der Waals surface area contributed by atoms with Crippen LogP contribution >= 0.6 is 0 Å². The summed E-state index contributed by atoms with van der Waals surface area (Å²) in [5.41, 5.74) is 0. The summed E-state index contributed by atoms with van der Waals surface area (Å²) >= 11 is 0. The minimum Gasteiger partial charge on any atom is -0.388 e.